The second kappa shape index (κ2) is 7.12. The molecule has 126 valence electrons. The maximum absolute atomic E-state index is 12.2. The fourth-order valence-corrected chi connectivity index (χ4v) is 2.51. The highest BCUT2D eigenvalue weighted by molar-refractivity contribution is 5.79. The van der Waals surface area contributed by atoms with Crippen LogP contribution in [-0.4, -0.2) is 58.9 Å². The lowest BCUT2D eigenvalue weighted by Gasteiger charge is -2.33. The van der Waals surface area contributed by atoms with Crippen LogP contribution in [0.2, 0.25) is 0 Å². The summed E-state index contributed by atoms with van der Waals surface area (Å²) in [5.74, 6) is -0.324. The molecule has 3 N–H and O–H groups in total. The van der Waals surface area contributed by atoms with Gasteiger partial charge in [-0.3, -0.25) is 14.6 Å². The Morgan fingerprint density at radius 2 is 1.96 bits per heavy atom. The minimum absolute atomic E-state index is 0.0522. The number of amides is 3. The third-order valence-electron chi connectivity index (χ3n) is 3.87. The van der Waals surface area contributed by atoms with Gasteiger partial charge in [0.05, 0.1) is 5.56 Å². The molecule has 9 nitrogen and oxygen atoms in total. The van der Waals surface area contributed by atoms with Gasteiger partial charge in [-0.05, 0) is 12.8 Å². The Morgan fingerprint density at radius 1 is 1.30 bits per heavy atom. The second-order valence-electron chi connectivity index (χ2n) is 5.75. The van der Waals surface area contributed by atoms with Crippen LogP contribution in [0.15, 0.2) is 15.8 Å². The normalized spacial score (nSPS) is 15.3. The highest BCUT2D eigenvalue weighted by Crippen LogP contribution is 2.18. The van der Waals surface area contributed by atoms with Crippen molar-refractivity contribution >= 4 is 11.9 Å². The molecule has 2 heterocycles. The maximum Gasteiger partial charge on any atom is 0.325 e. The molecule has 2 rings (SSSR count). The molecule has 0 aliphatic carbocycles. The van der Waals surface area contributed by atoms with Gasteiger partial charge in [-0.15, -0.1) is 0 Å². The molecule has 1 aromatic heterocycles. The van der Waals surface area contributed by atoms with E-state index in [9.17, 15) is 19.2 Å². The average Bonchev–Trinajstić information content (AvgIpc) is 2.53. The van der Waals surface area contributed by atoms with E-state index in [1.165, 1.54) is 11.1 Å². The lowest BCUT2D eigenvalue weighted by molar-refractivity contribution is -0.126. The summed E-state index contributed by atoms with van der Waals surface area (Å²) in [4.78, 5) is 54.1. The highest BCUT2D eigenvalue weighted by atomic mass is 16.2. The summed E-state index contributed by atoms with van der Waals surface area (Å²) in [5.41, 5.74) is -0.804. The van der Waals surface area contributed by atoms with E-state index >= 15 is 0 Å². The number of hydrogen-bond donors (Lipinski definition) is 3. The van der Waals surface area contributed by atoms with Gasteiger partial charge in [0.1, 0.15) is 0 Å². The van der Waals surface area contributed by atoms with Crippen molar-refractivity contribution in [3.63, 3.8) is 0 Å². The zero-order valence-electron chi connectivity index (χ0n) is 13.2. The van der Waals surface area contributed by atoms with E-state index < -0.39 is 11.2 Å². The highest BCUT2D eigenvalue weighted by Gasteiger charge is 2.27. The number of aromatic nitrogens is 2. The first-order valence-corrected chi connectivity index (χ1v) is 7.43. The zero-order valence-corrected chi connectivity index (χ0v) is 13.2. The molecule has 1 fully saturated rings. The number of carbonyl (C=O) groups excluding carboxylic acids is 2. The molecule has 1 aromatic rings. The largest absolute Gasteiger partial charge is 0.352 e. The Labute approximate surface area is 132 Å². The standard InChI is InChI=1S/C14H21N5O4/c1-18(2)14(23)19-5-3-9(4-6-19)11(20)15-7-10-8-16-13(22)17-12(10)21/h8-9H,3-7H2,1-2H3,(H,15,20)(H2,16,17,21,22). The molecule has 0 saturated carbocycles. The first-order valence-electron chi connectivity index (χ1n) is 7.43. The Kier molecular flexibility index (Phi) is 5.20. The molecule has 3 amide bonds. The number of nitrogens with one attached hydrogen (secondary N) is 3. The third-order valence-corrected chi connectivity index (χ3v) is 3.87. The van der Waals surface area contributed by atoms with Crippen LogP contribution >= 0.6 is 0 Å². The number of nitrogens with zero attached hydrogens (tertiary/aromatic N) is 2. The molecule has 0 bridgehead atoms. The van der Waals surface area contributed by atoms with Gasteiger partial charge in [0.25, 0.3) is 5.56 Å². The second-order valence-corrected chi connectivity index (χ2v) is 5.75. The molecule has 9 heteroatoms. The van der Waals surface area contributed by atoms with E-state index in [0.29, 0.717) is 25.9 Å². The van der Waals surface area contributed by atoms with Crippen molar-refractivity contribution in [3.8, 4) is 0 Å². The molecule has 1 aliphatic rings. The predicted molar refractivity (Wildman–Crippen MR) is 82.9 cm³/mol. The lowest BCUT2D eigenvalue weighted by Crippen LogP contribution is -2.46. The summed E-state index contributed by atoms with van der Waals surface area (Å²) in [5, 5.41) is 2.70. The smallest absolute Gasteiger partial charge is 0.325 e. The number of likely N-dealkylation sites (tertiary alicyclic amines) is 1. The summed E-state index contributed by atoms with van der Waals surface area (Å²) < 4.78 is 0. The number of piperidine rings is 1. The van der Waals surface area contributed by atoms with Crippen molar-refractivity contribution in [3.05, 3.63) is 32.6 Å². The summed E-state index contributed by atoms with van der Waals surface area (Å²) in [6, 6.07) is -0.0522. The number of hydrogen-bond acceptors (Lipinski definition) is 4. The molecular weight excluding hydrogens is 302 g/mol. The molecule has 1 saturated heterocycles. The van der Waals surface area contributed by atoms with Crippen LogP contribution in [0.3, 0.4) is 0 Å². The Balaban J connectivity index is 1.85. The van der Waals surface area contributed by atoms with E-state index in [4.69, 9.17) is 0 Å². The summed E-state index contributed by atoms with van der Waals surface area (Å²) in [6.45, 7) is 1.13. The van der Waals surface area contributed by atoms with Gasteiger partial charge in [0.2, 0.25) is 5.91 Å². The fourth-order valence-electron chi connectivity index (χ4n) is 2.51. The van der Waals surface area contributed by atoms with Crippen LogP contribution in [0.25, 0.3) is 0 Å². The molecular formula is C14H21N5O4. The molecule has 0 atom stereocenters. The van der Waals surface area contributed by atoms with E-state index in [-0.39, 0.29) is 30.0 Å². The van der Waals surface area contributed by atoms with E-state index in [1.54, 1.807) is 19.0 Å². The minimum atomic E-state index is -0.581. The quantitative estimate of drug-likeness (QED) is 0.666. The van der Waals surface area contributed by atoms with Gasteiger partial charge in [0, 0.05) is 45.8 Å². The van der Waals surface area contributed by atoms with Crippen LogP contribution in [0.5, 0.6) is 0 Å². The number of H-pyrrole nitrogens is 2. The average molecular weight is 323 g/mol. The minimum Gasteiger partial charge on any atom is -0.352 e. The zero-order chi connectivity index (χ0) is 17.0. The fraction of sp³-hybridized carbons (Fsp3) is 0.571. The van der Waals surface area contributed by atoms with Crippen molar-refractivity contribution < 1.29 is 9.59 Å². The lowest BCUT2D eigenvalue weighted by atomic mass is 9.96. The molecule has 0 aromatic carbocycles. The summed E-state index contributed by atoms with van der Waals surface area (Å²) in [6.07, 6.45) is 2.47. The van der Waals surface area contributed by atoms with E-state index in [0.717, 1.165) is 0 Å². The van der Waals surface area contributed by atoms with Crippen molar-refractivity contribution in [2.24, 2.45) is 5.92 Å². The van der Waals surface area contributed by atoms with Crippen LogP contribution in [0, 0.1) is 5.92 Å². The monoisotopic (exact) mass is 323 g/mol. The predicted octanol–water partition coefficient (Wildman–Crippen LogP) is -0.927. The van der Waals surface area contributed by atoms with Crippen molar-refractivity contribution in [2.75, 3.05) is 27.2 Å². The van der Waals surface area contributed by atoms with Crippen molar-refractivity contribution in [1.82, 2.24) is 25.1 Å². The van der Waals surface area contributed by atoms with Gasteiger partial charge in [-0.25, -0.2) is 9.59 Å². The molecule has 1 aliphatic heterocycles. The molecule has 0 spiro atoms. The number of aromatic amines is 2. The first kappa shape index (κ1) is 16.8. The van der Waals surface area contributed by atoms with Gasteiger partial charge < -0.3 is 20.1 Å². The Morgan fingerprint density at radius 3 is 2.52 bits per heavy atom. The summed E-state index contributed by atoms with van der Waals surface area (Å²) in [7, 11) is 3.39. The summed E-state index contributed by atoms with van der Waals surface area (Å²) >= 11 is 0. The van der Waals surface area contributed by atoms with E-state index in [1.807, 2.05) is 0 Å². The third kappa shape index (κ3) is 4.21. The Bertz CT molecular complexity index is 685. The van der Waals surface area contributed by atoms with Gasteiger partial charge in [-0.1, -0.05) is 0 Å². The number of rotatable bonds is 3. The van der Waals surface area contributed by atoms with E-state index in [2.05, 4.69) is 15.3 Å². The Hall–Kier alpha value is -2.58. The SMILES string of the molecule is CN(C)C(=O)N1CCC(C(=O)NCc2c[nH]c(=O)[nH]c2=O)CC1. The molecule has 0 unspecified atom stereocenters. The molecule has 0 radical (unpaired) electrons. The van der Waals surface area contributed by atoms with Crippen LogP contribution in [0.1, 0.15) is 18.4 Å². The molecule has 23 heavy (non-hydrogen) atoms. The van der Waals surface area contributed by atoms with Crippen molar-refractivity contribution in [2.45, 2.75) is 19.4 Å². The first-order chi connectivity index (χ1) is 10.9. The van der Waals surface area contributed by atoms with Crippen LogP contribution < -0.4 is 16.6 Å². The van der Waals surface area contributed by atoms with Gasteiger partial charge in [-0.2, -0.15) is 0 Å². The van der Waals surface area contributed by atoms with Gasteiger partial charge >= 0.3 is 11.7 Å². The van der Waals surface area contributed by atoms with Crippen LogP contribution in [0.4, 0.5) is 4.79 Å². The van der Waals surface area contributed by atoms with Crippen LogP contribution in [-0.2, 0) is 11.3 Å². The topological polar surface area (TPSA) is 118 Å². The van der Waals surface area contributed by atoms with Gasteiger partial charge in [0.15, 0.2) is 0 Å². The number of carbonyl (C=O) groups is 2. The van der Waals surface area contributed by atoms with Crippen molar-refractivity contribution in [1.29, 1.82) is 0 Å². The number of urea groups is 1. The maximum atomic E-state index is 12.2.